The van der Waals surface area contributed by atoms with Gasteiger partial charge < -0.3 is 14.8 Å². The summed E-state index contributed by atoms with van der Waals surface area (Å²) < 4.78 is 11.3. The third-order valence-corrected chi connectivity index (χ3v) is 4.55. The number of benzene rings is 3. The first-order chi connectivity index (χ1) is 14.0. The molecule has 0 bridgehead atoms. The first-order valence-corrected chi connectivity index (χ1v) is 9.26. The lowest BCUT2D eigenvalue weighted by molar-refractivity contribution is -0.123. The summed E-state index contributed by atoms with van der Waals surface area (Å²) in [4.78, 5) is 13.1. The molecule has 1 N–H and O–H groups in total. The van der Waals surface area contributed by atoms with Gasteiger partial charge in [-0.05, 0) is 42.8 Å². The summed E-state index contributed by atoms with van der Waals surface area (Å²) in [5.41, 5.74) is 2.60. The zero-order chi connectivity index (χ0) is 20.8. The van der Waals surface area contributed by atoms with Gasteiger partial charge in [-0.1, -0.05) is 48.0 Å². The molecule has 0 aromatic heterocycles. The lowest BCUT2D eigenvalue weighted by Gasteiger charge is -2.21. The van der Waals surface area contributed by atoms with Crippen molar-refractivity contribution in [1.82, 2.24) is 0 Å². The molecule has 1 amide bonds. The van der Waals surface area contributed by atoms with Crippen LogP contribution in [0.1, 0.15) is 22.8 Å². The van der Waals surface area contributed by atoms with Crippen LogP contribution in [-0.2, 0) is 4.79 Å². The molecule has 0 heterocycles. The first kappa shape index (κ1) is 20.2. The van der Waals surface area contributed by atoms with Crippen molar-refractivity contribution in [2.24, 2.45) is 0 Å². The fourth-order valence-corrected chi connectivity index (χ4v) is 3.04. The van der Waals surface area contributed by atoms with E-state index in [4.69, 9.17) is 26.3 Å². The molecule has 0 fully saturated rings. The molecule has 0 aliphatic rings. The monoisotopic (exact) mass is 406 g/mol. The van der Waals surface area contributed by atoms with Crippen LogP contribution >= 0.6 is 11.6 Å². The van der Waals surface area contributed by atoms with E-state index in [-0.39, 0.29) is 10.9 Å². The number of methoxy groups -OCH3 is 1. The highest BCUT2D eigenvalue weighted by atomic mass is 35.5. The Morgan fingerprint density at radius 3 is 2.45 bits per heavy atom. The maximum Gasteiger partial charge on any atom is 0.270 e. The van der Waals surface area contributed by atoms with Crippen LogP contribution in [0.25, 0.3) is 0 Å². The summed E-state index contributed by atoms with van der Waals surface area (Å²) in [7, 11) is 1.54. The number of amides is 1. The Labute approximate surface area is 174 Å². The molecule has 3 aromatic carbocycles. The van der Waals surface area contributed by atoms with E-state index >= 15 is 0 Å². The Kier molecular flexibility index (Phi) is 6.38. The topological polar surface area (TPSA) is 71.3 Å². The summed E-state index contributed by atoms with van der Waals surface area (Å²) in [6, 6.07) is 21.3. The molecule has 0 aliphatic carbocycles. The first-order valence-electron chi connectivity index (χ1n) is 8.88. The van der Waals surface area contributed by atoms with E-state index in [2.05, 4.69) is 5.32 Å². The van der Waals surface area contributed by atoms with E-state index in [1.807, 2.05) is 43.3 Å². The van der Waals surface area contributed by atoms with Gasteiger partial charge in [0.2, 0.25) is 6.10 Å². The molecule has 29 heavy (non-hydrogen) atoms. The maximum absolute atomic E-state index is 13.1. The second-order valence-corrected chi connectivity index (χ2v) is 6.77. The maximum atomic E-state index is 13.1. The number of halogens is 1. The highest BCUT2D eigenvalue weighted by Gasteiger charge is 2.25. The zero-order valence-corrected chi connectivity index (χ0v) is 16.7. The minimum Gasteiger partial charge on any atom is -0.495 e. The SMILES string of the molecule is COc1ccc(C)cc1NC(=O)[C@H](Oc1ccc(C#N)cc1Cl)c1ccccc1. The number of anilines is 1. The van der Waals surface area contributed by atoms with Gasteiger partial charge in [-0.3, -0.25) is 4.79 Å². The Bertz CT molecular complexity index is 1060. The molecular weight excluding hydrogens is 388 g/mol. The van der Waals surface area contributed by atoms with Crippen molar-refractivity contribution >= 4 is 23.2 Å². The second-order valence-electron chi connectivity index (χ2n) is 6.36. The molecule has 5 nitrogen and oxygen atoms in total. The minimum atomic E-state index is -0.952. The van der Waals surface area contributed by atoms with Crippen molar-refractivity contribution in [3.63, 3.8) is 0 Å². The molecule has 0 unspecified atom stereocenters. The van der Waals surface area contributed by atoms with Crippen LogP contribution in [0, 0.1) is 18.3 Å². The number of rotatable bonds is 6. The summed E-state index contributed by atoms with van der Waals surface area (Å²) in [5, 5.41) is 12.1. The quantitative estimate of drug-likeness (QED) is 0.603. The summed E-state index contributed by atoms with van der Waals surface area (Å²) in [6.07, 6.45) is -0.952. The van der Waals surface area contributed by atoms with Crippen molar-refractivity contribution in [1.29, 1.82) is 5.26 Å². The fraction of sp³-hybridized carbons (Fsp3) is 0.130. The van der Waals surface area contributed by atoms with Gasteiger partial charge in [-0.2, -0.15) is 5.26 Å². The van der Waals surface area contributed by atoms with Crippen molar-refractivity contribution < 1.29 is 14.3 Å². The summed E-state index contributed by atoms with van der Waals surface area (Å²) in [6.45, 7) is 1.93. The molecule has 0 saturated heterocycles. The molecule has 146 valence electrons. The Morgan fingerprint density at radius 2 is 1.79 bits per heavy atom. The van der Waals surface area contributed by atoms with Gasteiger partial charge >= 0.3 is 0 Å². The molecule has 0 aliphatic heterocycles. The van der Waals surface area contributed by atoms with Crippen LogP contribution in [0.5, 0.6) is 11.5 Å². The van der Waals surface area contributed by atoms with Gasteiger partial charge in [0, 0.05) is 5.56 Å². The molecule has 0 saturated carbocycles. The molecule has 6 heteroatoms. The number of nitrogens with zero attached hydrogens (tertiary/aromatic N) is 1. The van der Waals surface area contributed by atoms with Crippen molar-refractivity contribution in [2.45, 2.75) is 13.0 Å². The zero-order valence-electron chi connectivity index (χ0n) is 16.0. The van der Waals surface area contributed by atoms with Crippen LogP contribution < -0.4 is 14.8 Å². The smallest absolute Gasteiger partial charge is 0.270 e. The number of hydrogen-bond acceptors (Lipinski definition) is 4. The van der Waals surface area contributed by atoms with E-state index in [0.29, 0.717) is 28.3 Å². The number of hydrogen-bond donors (Lipinski definition) is 1. The Balaban J connectivity index is 1.93. The second kappa shape index (κ2) is 9.13. The largest absolute Gasteiger partial charge is 0.495 e. The van der Waals surface area contributed by atoms with Crippen LogP contribution in [0.15, 0.2) is 66.7 Å². The van der Waals surface area contributed by atoms with Crippen LogP contribution in [0.3, 0.4) is 0 Å². The van der Waals surface area contributed by atoms with Gasteiger partial charge in [-0.15, -0.1) is 0 Å². The average molecular weight is 407 g/mol. The Morgan fingerprint density at radius 1 is 1.07 bits per heavy atom. The van der Waals surface area contributed by atoms with E-state index < -0.39 is 6.10 Å². The molecule has 1 atom stereocenters. The highest BCUT2D eigenvalue weighted by molar-refractivity contribution is 6.32. The predicted octanol–water partition coefficient (Wildman–Crippen LogP) is 5.29. The van der Waals surface area contributed by atoms with Crippen molar-refractivity contribution in [3.8, 4) is 17.6 Å². The third kappa shape index (κ3) is 4.87. The van der Waals surface area contributed by atoms with Gasteiger partial charge in [0.25, 0.3) is 5.91 Å². The number of nitriles is 1. The Hall–Kier alpha value is -3.49. The fourth-order valence-electron chi connectivity index (χ4n) is 2.81. The number of ether oxygens (including phenoxy) is 2. The molecule has 0 radical (unpaired) electrons. The third-order valence-electron chi connectivity index (χ3n) is 4.26. The minimum absolute atomic E-state index is 0.255. The number of carbonyl (C=O) groups excluding carboxylic acids is 1. The molecule has 3 rings (SSSR count). The molecule has 0 spiro atoms. The summed E-state index contributed by atoms with van der Waals surface area (Å²) in [5.74, 6) is 0.485. The summed E-state index contributed by atoms with van der Waals surface area (Å²) >= 11 is 6.25. The average Bonchev–Trinajstić information content (AvgIpc) is 2.73. The lowest BCUT2D eigenvalue weighted by atomic mass is 10.1. The number of nitrogens with one attached hydrogen (secondary N) is 1. The van der Waals surface area contributed by atoms with Crippen LogP contribution in [-0.4, -0.2) is 13.0 Å². The van der Waals surface area contributed by atoms with Gasteiger partial charge in [-0.25, -0.2) is 0 Å². The van der Waals surface area contributed by atoms with Gasteiger partial charge in [0.15, 0.2) is 0 Å². The van der Waals surface area contributed by atoms with E-state index in [9.17, 15) is 4.79 Å². The molecule has 3 aromatic rings. The lowest BCUT2D eigenvalue weighted by Crippen LogP contribution is -2.26. The standard InChI is InChI=1S/C23H19ClN2O3/c1-15-8-10-21(28-2)19(12-15)26-23(27)22(17-6-4-3-5-7-17)29-20-11-9-16(14-25)13-18(20)24/h3-13,22H,1-2H3,(H,26,27)/t22-/m1/s1. The van der Waals surface area contributed by atoms with E-state index in [1.165, 1.54) is 6.07 Å². The predicted molar refractivity (Wildman–Crippen MR) is 112 cm³/mol. The van der Waals surface area contributed by atoms with E-state index in [0.717, 1.165) is 5.56 Å². The van der Waals surface area contributed by atoms with Gasteiger partial charge in [0.05, 0.1) is 29.5 Å². The van der Waals surface area contributed by atoms with Crippen molar-refractivity contribution in [2.75, 3.05) is 12.4 Å². The number of carbonyl (C=O) groups is 1. The highest BCUT2D eigenvalue weighted by Crippen LogP contribution is 2.32. The number of aryl methyl sites for hydroxylation is 1. The van der Waals surface area contributed by atoms with Crippen molar-refractivity contribution in [3.05, 3.63) is 88.4 Å². The van der Waals surface area contributed by atoms with Gasteiger partial charge in [0.1, 0.15) is 11.5 Å². The van der Waals surface area contributed by atoms with Crippen LogP contribution in [0.4, 0.5) is 5.69 Å². The van der Waals surface area contributed by atoms with Crippen LogP contribution in [0.2, 0.25) is 5.02 Å². The van der Waals surface area contributed by atoms with E-state index in [1.54, 1.807) is 37.4 Å². The molecular formula is C23H19ClN2O3. The normalized spacial score (nSPS) is 11.2.